The van der Waals surface area contributed by atoms with Crippen LogP contribution in [-0.4, -0.2) is 41.7 Å². The van der Waals surface area contributed by atoms with E-state index in [1.807, 2.05) is 30.3 Å². The van der Waals surface area contributed by atoms with Crippen molar-refractivity contribution < 1.29 is 9.53 Å². The third kappa shape index (κ3) is 6.22. The first-order chi connectivity index (χ1) is 17.5. The number of amides is 1. The van der Waals surface area contributed by atoms with Gasteiger partial charge in [0.15, 0.2) is 0 Å². The van der Waals surface area contributed by atoms with Gasteiger partial charge in [-0.15, -0.1) is 11.3 Å². The van der Waals surface area contributed by atoms with Gasteiger partial charge in [-0.2, -0.15) is 0 Å². The molecule has 1 amide bonds. The predicted molar refractivity (Wildman–Crippen MR) is 149 cm³/mol. The highest BCUT2D eigenvalue weighted by Gasteiger charge is 2.17. The van der Waals surface area contributed by atoms with Crippen LogP contribution in [-0.2, 0) is 35.6 Å². The van der Waals surface area contributed by atoms with Crippen molar-refractivity contribution in [2.24, 2.45) is 0 Å². The highest BCUT2D eigenvalue weighted by molar-refractivity contribution is 7.71. The molecule has 1 saturated heterocycles. The number of hydrogen-bond acceptors (Lipinski definition) is 5. The van der Waals surface area contributed by atoms with Crippen molar-refractivity contribution in [1.29, 1.82) is 0 Å². The Labute approximate surface area is 225 Å². The number of rotatable bonds is 8. The number of fused-ring (bicyclic) bond motifs is 1. The Morgan fingerprint density at radius 2 is 1.78 bits per heavy atom. The van der Waals surface area contributed by atoms with E-state index in [2.05, 4.69) is 51.3 Å². The van der Waals surface area contributed by atoms with Crippen molar-refractivity contribution >= 4 is 51.3 Å². The molecule has 2 aromatic heterocycles. The Balaban J connectivity index is 1.41. The van der Waals surface area contributed by atoms with Crippen LogP contribution in [0, 0.1) is 4.51 Å². The molecule has 0 saturated carbocycles. The first-order valence-corrected chi connectivity index (χ1v) is 13.7. The van der Waals surface area contributed by atoms with E-state index in [9.17, 15) is 4.79 Å². The van der Waals surface area contributed by atoms with E-state index in [1.54, 1.807) is 11.3 Å². The van der Waals surface area contributed by atoms with E-state index in [0.29, 0.717) is 11.6 Å². The van der Waals surface area contributed by atoms with Crippen molar-refractivity contribution in [1.82, 2.24) is 14.8 Å². The monoisotopic (exact) mass is 537 g/mol. The lowest BCUT2D eigenvalue weighted by atomic mass is 10.1. The van der Waals surface area contributed by atoms with E-state index < -0.39 is 0 Å². The van der Waals surface area contributed by atoms with Crippen LogP contribution in [0.3, 0.4) is 0 Å². The standard InChI is InChI=1S/C28H28ClN3O2S2/c29-23-8-6-20(7-9-23)16-30-26(33)14-22-18-32(17-21-4-2-1-3-5-21)28-25(27(22)35)15-24(36-28)19-31-10-12-34-13-11-31/h1-9,15,18H,10-14,16-17,19H2,(H,30,33). The molecule has 0 spiro atoms. The maximum Gasteiger partial charge on any atom is 0.224 e. The second-order valence-corrected chi connectivity index (χ2v) is 11.0. The number of pyridine rings is 1. The maximum atomic E-state index is 12.9. The first-order valence-electron chi connectivity index (χ1n) is 12.0. The highest BCUT2D eigenvalue weighted by Crippen LogP contribution is 2.30. The molecule has 1 N–H and O–H groups in total. The zero-order chi connectivity index (χ0) is 24.9. The van der Waals surface area contributed by atoms with Crippen LogP contribution in [0.5, 0.6) is 0 Å². The molecular weight excluding hydrogens is 510 g/mol. The maximum absolute atomic E-state index is 12.9. The first kappa shape index (κ1) is 25.1. The van der Waals surface area contributed by atoms with Crippen LogP contribution in [0.1, 0.15) is 21.6 Å². The quantitative estimate of drug-likeness (QED) is 0.287. The van der Waals surface area contributed by atoms with Gasteiger partial charge in [0.2, 0.25) is 5.91 Å². The minimum atomic E-state index is -0.0505. The number of hydrogen-bond donors (Lipinski definition) is 1. The van der Waals surface area contributed by atoms with Crippen LogP contribution < -0.4 is 5.32 Å². The topological polar surface area (TPSA) is 46.5 Å². The number of nitrogens with zero attached hydrogens (tertiary/aromatic N) is 2. The molecule has 36 heavy (non-hydrogen) atoms. The molecule has 5 nitrogen and oxygen atoms in total. The summed E-state index contributed by atoms with van der Waals surface area (Å²) >= 11 is 13.7. The lowest BCUT2D eigenvalue weighted by molar-refractivity contribution is -0.120. The number of morpholine rings is 1. The van der Waals surface area contributed by atoms with Gasteiger partial charge < -0.3 is 14.6 Å². The van der Waals surface area contributed by atoms with Crippen molar-refractivity contribution in [3.63, 3.8) is 0 Å². The van der Waals surface area contributed by atoms with Crippen LogP contribution in [0.15, 0.2) is 66.9 Å². The smallest absolute Gasteiger partial charge is 0.224 e. The Morgan fingerprint density at radius 1 is 1.03 bits per heavy atom. The largest absolute Gasteiger partial charge is 0.379 e. The number of nitrogens with one attached hydrogen (secondary N) is 1. The third-order valence-electron chi connectivity index (χ3n) is 6.31. The molecule has 2 aromatic carbocycles. The third-order valence-corrected chi connectivity index (χ3v) is 8.20. The van der Waals surface area contributed by atoms with Crippen molar-refractivity contribution in [2.75, 3.05) is 26.3 Å². The van der Waals surface area contributed by atoms with E-state index in [-0.39, 0.29) is 12.3 Å². The summed E-state index contributed by atoms with van der Waals surface area (Å²) in [5, 5.41) is 4.75. The lowest BCUT2D eigenvalue weighted by Gasteiger charge is -2.25. The number of ether oxygens (including phenoxy) is 1. The molecule has 5 rings (SSSR count). The number of thiophene rings is 1. The summed E-state index contributed by atoms with van der Waals surface area (Å²) in [5.74, 6) is -0.0505. The molecule has 1 fully saturated rings. The van der Waals surface area contributed by atoms with Gasteiger partial charge in [-0.25, -0.2) is 0 Å². The molecule has 4 aromatic rings. The molecule has 1 aliphatic heterocycles. The van der Waals surface area contributed by atoms with Gasteiger partial charge in [0.1, 0.15) is 4.83 Å². The molecule has 1 aliphatic rings. The van der Waals surface area contributed by atoms with Crippen molar-refractivity contribution in [3.8, 4) is 0 Å². The summed E-state index contributed by atoms with van der Waals surface area (Å²) in [6, 6.07) is 20.1. The van der Waals surface area contributed by atoms with Crippen LogP contribution in [0.25, 0.3) is 10.2 Å². The predicted octanol–water partition coefficient (Wildman–Crippen LogP) is 5.83. The summed E-state index contributed by atoms with van der Waals surface area (Å²) in [4.78, 5) is 17.7. The van der Waals surface area contributed by atoms with E-state index in [4.69, 9.17) is 28.6 Å². The molecule has 0 radical (unpaired) electrons. The van der Waals surface area contributed by atoms with Crippen LogP contribution >= 0.6 is 35.2 Å². The normalized spacial score (nSPS) is 14.2. The zero-order valence-electron chi connectivity index (χ0n) is 19.9. The minimum Gasteiger partial charge on any atom is -0.379 e. The molecule has 8 heteroatoms. The summed E-state index contributed by atoms with van der Waals surface area (Å²) < 4.78 is 8.51. The van der Waals surface area contributed by atoms with Gasteiger partial charge in [-0.05, 0) is 34.9 Å². The van der Waals surface area contributed by atoms with E-state index >= 15 is 0 Å². The Morgan fingerprint density at radius 3 is 2.53 bits per heavy atom. The summed E-state index contributed by atoms with van der Waals surface area (Å²) in [6.07, 6.45) is 2.31. The van der Waals surface area contributed by atoms with E-state index in [0.717, 1.165) is 65.2 Å². The highest BCUT2D eigenvalue weighted by atomic mass is 35.5. The zero-order valence-corrected chi connectivity index (χ0v) is 22.3. The van der Waals surface area contributed by atoms with Crippen LogP contribution in [0.4, 0.5) is 0 Å². The summed E-state index contributed by atoms with van der Waals surface area (Å²) in [7, 11) is 0. The fourth-order valence-electron chi connectivity index (χ4n) is 4.41. The average molecular weight is 538 g/mol. The van der Waals surface area contributed by atoms with Crippen molar-refractivity contribution in [2.45, 2.75) is 26.1 Å². The molecule has 186 valence electrons. The Hall–Kier alpha value is -2.55. The van der Waals surface area contributed by atoms with Crippen LogP contribution in [0.2, 0.25) is 5.02 Å². The van der Waals surface area contributed by atoms with Crippen molar-refractivity contribution in [3.05, 3.63) is 98.0 Å². The van der Waals surface area contributed by atoms with Gasteiger partial charge in [0.25, 0.3) is 0 Å². The fourth-order valence-corrected chi connectivity index (χ4v) is 6.05. The molecule has 0 aliphatic carbocycles. The number of halogens is 1. The molecular formula is C28H28ClN3O2S2. The molecule has 0 atom stereocenters. The van der Waals surface area contributed by atoms with Gasteiger partial charge in [-0.3, -0.25) is 9.69 Å². The number of carbonyl (C=O) groups is 1. The van der Waals surface area contributed by atoms with Gasteiger partial charge >= 0.3 is 0 Å². The second-order valence-electron chi connectivity index (χ2n) is 9.00. The van der Waals surface area contributed by atoms with Gasteiger partial charge in [0.05, 0.1) is 24.1 Å². The number of carbonyl (C=O) groups excluding carboxylic acids is 1. The fraction of sp³-hybridized carbons (Fsp3) is 0.286. The summed E-state index contributed by atoms with van der Waals surface area (Å²) in [6.45, 7) is 5.51. The molecule has 3 heterocycles. The summed E-state index contributed by atoms with van der Waals surface area (Å²) in [5.41, 5.74) is 3.09. The Kier molecular flexibility index (Phi) is 8.14. The molecule has 0 bridgehead atoms. The number of aromatic nitrogens is 1. The van der Waals surface area contributed by atoms with Gasteiger partial charge in [-0.1, -0.05) is 66.3 Å². The SMILES string of the molecule is O=C(Cc1cn(Cc2ccccc2)c2sc(CN3CCOCC3)cc2c1=S)NCc1ccc(Cl)cc1. The average Bonchev–Trinajstić information content (AvgIpc) is 3.32. The lowest BCUT2D eigenvalue weighted by Crippen LogP contribution is -2.35. The Bertz CT molecular complexity index is 1390. The number of benzene rings is 2. The second kappa shape index (κ2) is 11.7. The molecule has 0 unspecified atom stereocenters. The minimum absolute atomic E-state index is 0.0505. The van der Waals surface area contributed by atoms with Gasteiger partial charge in [0, 0.05) is 54.2 Å². The van der Waals surface area contributed by atoms with E-state index in [1.165, 1.54) is 10.4 Å².